The van der Waals surface area contributed by atoms with Crippen molar-refractivity contribution in [2.24, 2.45) is 0 Å². The normalized spacial score (nSPS) is 11.5. The van der Waals surface area contributed by atoms with E-state index in [2.05, 4.69) is 15.9 Å². The van der Waals surface area contributed by atoms with Crippen molar-refractivity contribution < 1.29 is 18.0 Å². The molecule has 0 radical (unpaired) electrons. The highest BCUT2D eigenvalue weighted by Gasteiger charge is 2.26. The van der Waals surface area contributed by atoms with Crippen LogP contribution in [-0.4, -0.2) is 12.0 Å². The molecule has 0 aromatic heterocycles. The van der Waals surface area contributed by atoms with E-state index in [1.54, 1.807) is 18.2 Å². The van der Waals surface area contributed by atoms with E-state index in [-0.39, 0.29) is 25.0 Å². The maximum Gasteiger partial charge on any atom is 0.389 e. The van der Waals surface area contributed by atoms with Crippen LogP contribution in [0.5, 0.6) is 0 Å². The lowest BCUT2D eigenvalue weighted by Gasteiger charge is -2.06. The molecule has 0 aliphatic rings. The van der Waals surface area contributed by atoms with E-state index in [4.69, 9.17) is 0 Å². The van der Waals surface area contributed by atoms with Gasteiger partial charge in [-0.3, -0.25) is 4.79 Å². The summed E-state index contributed by atoms with van der Waals surface area (Å²) in [5.41, 5.74) is 0.810. The summed E-state index contributed by atoms with van der Waals surface area (Å²) in [6.07, 6.45) is -5.05. The van der Waals surface area contributed by atoms with Crippen LogP contribution in [0.4, 0.5) is 13.2 Å². The van der Waals surface area contributed by atoms with Gasteiger partial charge in [-0.05, 0) is 18.1 Å². The SMILES string of the molecule is O=C(CCCC(F)(F)F)Cc1ccccc1Br. The number of hydrogen-bond donors (Lipinski definition) is 0. The Hall–Kier alpha value is -0.840. The average Bonchev–Trinajstić information content (AvgIpc) is 2.19. The molecule has 0 saturated carbocycles. The average molecular weight is 309 g/mol. The lowest BCUT2D eigenvalue weighted by molar-refractivity contribution is -0.137. The van der Waals surface area contributed by atoms with Crippen LogP contribution in [-0.2, 0) is 11.2 Å². The minimum absolute atomic E-state index is 0.0269. The first kappa shape index (κ1) is 14.2. The molecule has 0 fully saturated rings. The largest absolute Gasteiger partial charge is 0.389 e. The molecule has 17 heavy (non-hydrogen) atoms. The first-order chi connectivity index (χ1) is 7.88. The van der Waals surface area contributed by atoms with Crippen LogP contribution < -0.4 is 0 Å². The maximum absolute atomic E-state index is 11.9. The monoisotopic (exact) mass is 308 g/mol. The molecule has 0 spiro atoms. The minimum Gasteiger partial charge on any atom is -0.299 e. The summed E-state index contributed by atoms with van der Waals surface area (Å²) < 4.78 is 36.4. The predicted octanol–water partition coefficient (Wildman–Crippen LogP) is 4.29. The third-order valence-electron chi connectivity index (χ3n) is 2.26. The Morgan fingerprint density at radius 2 is 1.88 bits per heavy atom. The van der Waals surface area contributed by atoms with Crippen LogP contribution in [0.3, 0.4) is 0 Å². The predicted molar refractivity (Wildman–Crippen MR) is 62.8 cm³/mol. The summed E-state index contributed by atoms with van der Waals surface area (Å²) >= 11 is 3.29. The van der Waals surface area contributed by atoms with Gasteiger partial charge in [-0.2, -0.15) is 13.2 Å². The molecule has 5 heteroatoms. The molecule has 1 nitrogen and oxygen atoms in total. The zero-order valence-corrected chi connectivity index (χ0v) is 10.6. The van der Waals surface area contributed by atoms with Crippen LogP contribution in [0.1, 0.15) is 24.8 Å². The summed E-state index contributed by atoms with van der Waals surface area (Å²) in [6.45, 7) is 0. The zero-order chi connectivity index (χ0) is 12.9. The van der Waals surface area contributed by atoms with Gasteiger partial charge in [-0.15, -0.1) is 0 Å². The first-order valence-corrected chi connectivity index (χ1v) is 5.99. The molecule has 0 atom stereocenters. The molecule has 0 N–H and O–H groups in total. The van der Waals surface area contributed by atoms with E-state index >= 15 is 0 Å². The van der Waals surface area contributed by atoms with Crippen molar-refractivity contribution in [2.45, 2.75) is 31.9 Å². The van der Waals surface area contributed by atoms with Gasteiger partial charge in [0.2, 0.25) is 0 Å². The highest BCUT2D eigenvalue weighted by Crippen LogP contribution is 2.23. The highest BCUT2D eigenvalue weighted by atomic mass is 79.9. The molecule has 0 heterocycles. The Bertz CT molecular complexity index is 388. The molecule has 0 bridgehead atoms. The van der Waals surface area contributed by atoms with Gasteiger partial charge >= 0.3 is 6.18 Å². The van der Waals surface area contributed by atoms with Crippen molar-refractivity contribution in [2.75, 3.05) is 0 Å². The van der Waals surface area contributed by atoms with E-state index in [1.807, 2.05) is 6.07 Å². The van der Waals surface area contributed by atoms with E-state index in [0.717, 1.165) is 10.0 Å². The second-order valence-electron chi connectivity index (χ2n) is 3.78. The second kappa shape index (κ2) is 6.19. The summed E-state index contributed by atoms with van der Waals surface area (Å²) in [5.74, 6) is -0.166. The number of carbonyl (C=O) groups is 1. The molecular formula is C12H12BrF3O. The van der Waals surface area contributed by atoms with Crippen molar-refractivity contribution in [1.82, 2.24) is 0 Å². The Morgan fingerprint density at radius 1 is 1.24 bits per heavy atom. The minimum atomic E-state index is -4.17. The molecule has 0 aliphatic carbocycles. The number of ketones is 1. The third-order valence-corrected chi connectivity index (χ3v) is 3.03. The Balaban J connectivity index is 2.38. The van der Waals surface area contributed by atoms with Gasteiger partial charge in [-0.1, -0.05) is 34.1 Å². The number of hydrogen-bond acceptors (Lipinski definition) is 1. The van der Waals surface area contributed by atoms with Crippen LogP contribution in [0, 0.1) is 0 Å². The molecule has 0 unspecified atom stereocenters. The van der Waals surface area contributed by atoms with Gasteiger partial charge in [-0.25, -0.2) is 0 Å². The van der Waals surface area contributed by atoms with E-state index < -0.39 is 12.6 Å². The molecule has 1 aromatic rings. The van der Waals surface area contributed by atoms with Crippen LogP contribution in [0.15, 0.2) is 28.7 Å². The fraction of sp³-hybridized carbons (Fsp3) is 0.417. The van der Waals surface area contributed by atoms with Gasteiger partial charge in [0.1, 0.15) is 5.78 Å². The lowest BCUT2D eigenvalue weighted by atomic mass is 10.0. The molecular weight excluding hydrogens is 297 g/mol. The van der Waals surface area contributed by atoms with Gasteiger partial charge in [0.05, 0.1) is 0 Å². The Morgan fingerprint density at radius 3 is 2.47 bits per heavy atom. The van der Waals surface area contributed by atoms with Gasteiger partial charge in [0, 0.05) is 23.7 Å². The van der Waals surface area contributed by atoms with Crippen molar-refractivity contribution in [3.05, 3.63) is 34.3 Å². The number of Topliss-reactive ketones (excluding diaryl/α,β-unsaturated/α-hetero) is 1. The Labute approximate surface area is 106 Å². The quantitative estimate of drug-likeness (QED) is 0.793. The standard InChI is InChI=1S/C12H12BrF3O/c13-11-6-2-1-4-9(11)8-10(17)5-3-7-12(14,15)16/h1-2,4,6H,3,5,7-8H2. The molecule has 0 amide bonds. The van der Waals surface area contributed by atoms with Crippen molar-refractivity contribution in [3.63, 3.8) is 0 Å². The molecule has 1 aromatic carbocycles. The second-order valence-corrected chi connectivity index (χ2v) is 4.63. The zero-order valence-electron chi connectivity index (χ0n) is 9.06. The third kappa shape index (κ3) is 5.86. The fourth-order valence-corrected chi connectivity index (χ4v) is 1.85. The number of alkyl halides is 3. The molecule has 0 saturated heterocycles. The van der Waals surface area contributed by atoms with E-state index in [0.29, 0.717) is 0 Å². The van der Waals surface area contributed by atoms with Gasteiger partial charge in [0.25, 0.3) is 0 Å². The summed E-state index contributed by atoms with van der Waals surface area (Å²) in [4.78, 5) is 11.5. The van der Waals surface area contributed by atoms with Gasteiger partial charge in [0.15, 0.2) is 0 Å². The Kier molecular flexibility index (Phi) is 5.18. The van der Waals surface area contributed by atoms with Crippen LogP contribution in [0.25, 0.3) is 0 Å². The summed E-state index contributed by atoms with van der Waals surface area (Å²) in [7, 11) is 0. The topological polar surface area (TPSA) is 17.1 Å². The van der Waals surface area contributed by atoms with Crippen molar-refractivity contribution in [3.8, 4) is 0 Å². The van der Waals surface area contributed by atoms with Crippen LogP contribution in [0.2, 0.25) is 0 Å². The fourth-order valence-electron chi connectivity index (χ4n) is 1.43. The lowest BCUT2D eigenvalue weighted by Crippen LogP contribution is -2.09. The number of benzene rings is 1. The highest BCUT2D eigenvalue weighted by molar-refractivity contribution is 9.10. The van der Waals surface area contributed by atoms with Crippen molar-refractivity contribution in [1.29, 1.82) is 0 Å². The van der Waals surface area contributed by atoms with E-state index in [9.17, 15) is 18.0 Å². The van der Waals surface area contributed by atoms with E-state index in [1.165, 1.54) is 0 Å². The first-order valence-electron chi connectivity index (χ1n) is 5.20. The smallest absolute Gasteiger partial charge is 0.299 e. The molecule has 1 rings (SSSR count). The molecule has 0 aliphatic heterocycles. The summed E-state index contributed by atoms with van der Waals surface area (Å²) in [5, 5.41) is 0. The maximum atomic E-state index is 11.9. The number of halogens is 4. The van der Waals surface area contributed by atoms with Crippen LogP contribution >= 0.6 is 15.9 Å². The van der Waals surface area contributed by atoms with Gasteiger partial charge < -0.3 is 0 Å². The summed E-state index contributed by atoms with van der Waals surface area (Å²) in [6, 6.07) is 7.20. The number of rotatable bonds is 5. The molecule has 94 valence electrons. The number of carbonyl (C=O) groups excluding carboxylic acids is 1. The van der Waals surface area contributed by atoms with Crippen molar-refractivity contribution >= 4 is 21.7 Å².